The molecular weight excluding hydrogens is 224 g/mol. The lowest BCUT2D eigenvalue weighted by Crippen LogP contribution is -2.46. The van der Waals surface area contributed by atoms with E-state index in [1.54, 1.807) is 0 Å². The predicted octanol–water partition coefficient (Wildman–Crippen LogP) is 2.11. The predicted molar refractivity (Wildman–Crippen MR) is 75.5 cm³/mol. The highest BCUT2D eigenvalue weighted by molar-refractivity contribution is 4.86. The van der Waals surface area contributed by atoms with Gasteiger partial charge in [0.1, 0.15) is 0 Å². The summed E-state index contributed by atoms with van der Waals surface area (Å²) in [6.45, 7) is 6.40. The van der Waals surface area contributed by atoms with Gasteiger partial charge in [-0.1, -0.05) is 13.3 Å². The summed E-state index contributed by atoms with van der Waals surface area (Å²) in [5.41, 5.74) is 5.96. The smallest absolute Gasteiger partial charge is 0.0469 e. The van der Waals surface area contributed by atoms with Crippen LogP contribution in [0.2, 0.25) is 0 Å². The second kappa shape index (κ2) is 6.88. The van der Waals surface area contributed by atoms with Crippen molar-refractivity contribution < 1.29 is 4.74 Å². The third kappa shape index (κ3) is 3.69. The van der Waals surface area contributed by atoms with E-state index in [0.29, 0.717) is 12.0 Å². The van der Waals surface area contributed by atoms with E-state index in [9.17, 15) is 0 Å². The van der Waals surface area contributed by atoms with Crippen molar-refractivity contribution in [1.82, 2.24) is 4.90 Å². The second-order valence-electron chi connectivity index (χ2n) is 6.48. The largest absolute Gasteiger partial charge is 0.381 e. The minimum atomic E-state index is 0.710. The molecular formula is C15H30N2O. The minimum absolute atomic E-state index is 0.710. The Morgan fingerprint density at radius 1 is 1.17 bits per heavy atom. The summed E-state index contributed by atoms with van der Waals surface area (Å²) in [7, 11) is 2.31. The number of hydrogen-bond acceptors (Lipinski definition) is 3. The lowest BCUT2D eigenvalue weighted by molar-refractivity contribution is 0.0358. The van der Waals surface area contributed by atoms with E-state index in [1.165, 1.54) is 38.6 Å². The monoisotopic (exact) mass is 254 g/mol. The molecule has 3 nitrogen and oxygen atoms in total. The standard InChI is InChI=1S/C15H30N2O/c1-12-3-4-14(10-16)15(9-12)17(2)11-13-5-7-18-8-6-13/h12-15H,3-11,16H2,1-2H3. The van der Waals surface area contributed by atoms with Gasteiger partial charge >= 0.3 is 0 Å². The fourth-order valence-corrected chi connectivity index (χ4v) is 3.70. The summed E-state index contributed by atoms with van der Waals surface area (Å²) in [5.74, 6) is 2.42. The Balaban J connectivity index is 1.86. The Morgan fingerprint density at radius 3 is 2.56 bits per heavy atom. The number of hydrogen-bond donors (Lipinski definition) is 1. The summed E-state index contributed by atoms with van der Waals surface area (Å²) >= 11 is 0. The van der Waals surface area contributed by atoms with Gasteiger partial charge in [0.15, 0.2) is 0 Å². The van der Waals surface area contributed by atoms with E-state index < -0.39 is 0 Å². The Kier molecular flexibility index (Phi) is 5.46. The molecule has 0 bridgehead atoms. The van der Waals surface area contributed by atoms with Gasteiger partial charge in [-0.2, -0.15) is 0 Å². The summed E-state index contributed by atoms with van der Waals surface area (Å²) in [6.07, 6.45) is 6.49. The van der Waals surface area contributed by atoms with Crippen LogP contribution in [0.3, 0.4) is 0 Å². The van der Waals surface area contributed by atoms with Crippen LogP contribution in [-0.2, 0) is 4.74 Å². The third-order valence-electron chi connectivity index (χ3n) is 4.97. The average molecular weight is 254 g/mol. The molecule has 1 aliphatic carbocycles. The fourth-order valence-electron chi connectivity index (χ4n) is 3.70. The molecule has 2 aliphatic rings. The van der Waals surface area contributed by atoms with Crippen LogP contribution < -0.4 is 5.73 Å². The Bertz CT molecular complexity index is 241. The fraction of sp³-hybridized carbons (Fsp3) is 1.00. The normalized spacial score (nSPS) is 35.0. The van der Waals surface area contributed by atoms with Crippen molar-refractivity contribution in [3.8, 4) is 0 Å². The molecule has 2 rings (SSSR count). The first-order valence-electron chi connectivity index (χ1n) is 7.68. The van der Waals surface area contributed by atoms with Crippen molar-refractivity contribution in [3.05, 3.63) is 0 Å². The SMILES string of the molecule is CC1CCC(CN)C(N(C)CC2CCOCC2)C1. The van der Waals surface area contributed by atoms with E-state index >= 15 is 0 Å². The molecule has 3 atom stereocenters. The van der Waals surface area contributed by atoms with Gasteiger partial charge in [-0.15, -0.1) is 0 Å². The molecule has 0 aromatic rings. The Labute approximate surface area is 112 Å². The maximum Gasteiger partial charge on any atom is 0.0469 e. The van der Waals surface area contributed by atoms with Gasteiger partial charge in [-0.25, -0.2) is 0 Å². The van der Waals surface area contributed by atoms with Gasteiger partial charge in [-0.3, -0.25) is 0 Å². The van der Waals surface area contributed by atoms with Gasteiger partial charge in [0.2, 0.25) is 0 Å². The highest BCUT2D eigenvalue weighted by Gasteiger charge is 2.31. The third-order valence-corrected chi connectivity index (χ3v) is 4.97. The van der Waals surface area contributed by atoms with Gasteiger partial charge in [-0.05, 0) is 57.0 Å². The zero-order valence-electron chi connectivity index (χ0n) is 12.1. The molecule has 1 aliphatic heterocycles. The highest BCUT2D eigenvalue weighted by atomic mass is 16.5. The summed E-state index contributed by atoms with van der Waals surface area (Å²) < 4.78 is 5.45. The van der Waals surface area contributed by atoms with Crippen molar-refractivity contribution in [2.75, 3.05) is 33.4 Å². The lowest BCUT2D eigenvalue weighted by atomic mass is 9.78. The molecule has 0 aromatic carbocycles. The molecule has 3 heteroatoms. The van der Waals surface area contributed by atoms with Gasteiger partial charge in [0.25, 0.3) is 0 Å². The Hall–Kier alpha value is -0.120. The maximum absolute atomic E-state index is 5.96. The highest BCUT2D eigenvalue weighted by Crippen LogP contribution is 2.32. The molecule has 0 amide bonds. The van der Waals surface area contributed by atoms with E-state index in [2.05, 4.69) is 18.9 Å². The van der Waals surface area contributed by atoms with Crippen molar-refractivity contribution in [1.29, 1.82) is 0 Å². The molecule has 18 heavy (non-hydrogen) atoms. The molecule has 1 saturated heterocycles. The summed E-state index contributed by atoms with van der Waals surface area (Å²) in [4.78, 5) is 2.60. The number of nitrogens with zero attached hydrogens (tertiary/aromatic N) is 1. The van der Waals surface area contributed by atoms with Crippen LogP contribution >= 0.6 is 0 Å². The van der Waals surface area contributed by atoms with E-state index in [1.807, 2.05) is 0 Å². The minimum Gasteiger partial charge on any atom is -0.381 e. The molecule has 106 valence electrons. The average Bonchev–Trinajstić information content (AvgIpc) is 2.40. The van der Waals surface area contributed by atoms with Gasteiger partial charge in [0.05, 0.1) is 0 Å². The quantitative estimate of drug-likeness (QED) is 0.835. The van der Waals surface area contributed by atoms with Crippen molar-refractivity contribution in [3.63, 3.8) is 0 Å². The van der Waals surface area contributed by atoms with Crippen molar-refractivity contribution in [2.45, 2.75) is 45.1 Å². The first kappa shape index (κ1) is 14.3. The summed E-state index contributed by atoms with van der Waals surface area (Å²) in [6, 6.07) is 0.710. The Morgan fingerprint density at radius 2 is 1.89 bits per heavy atom. The van der Waals surface area contributed by atoms with Crippen molar-refractivity contribution in [2.24, 2.45) is 23.5 Å². The molecule has 3 unspecified atom stereocenters. The van der Waals surface area contributed by atoms with Gasteiger partial charge in [0, 0.05) is 25.8 Å². The lowest BCUT2D eigenvalue weighted by Gasteiger charge is -2.41. The first-order chi connectivity index (χ1) is 8.70. The van der Waals surface area contributed by atoms with Crippen LogP contribution in [0, 0.1) is 17.8 Å². The summed E-state index contributed by atoms with van der Waals surface area (Å²) in [5, 5.41) is 0. The van der Waals surface area contributed by atoms with Gasteiger partial charge < -0.3 is 15.4 Å². The number of rotatable bonds is 4. The zero-order valence-corrected chi connectivity index (χ0v) is 12.1. The van der Waals surface area contributed by atoms with E-state index in [4.69, 9.17) is 10.5 Å². The topological polar surface area (TPSA) is 38.5 Å². The molecule has 0 spiro atoms. The molecule has 2 fully saturated rings. The van der Waals surface area contributed by atoms with Crippen molar-refractivity contribution >= 4 is 0 Å². The number of nitrogens with two attached hydrogens (primary N) is 1. The molecule has 0 aromatic heterocycles. The molecule has 1 saturated carbocycles. The number of ether oxygens (including phenoxy) is 1. The van der Waals surface area contributed by atoms with Crippen LogP contribution in [0.4, 0.5) is 0 Å². The van der Waals surface area contributed by atoms with E-state index in [-0.39, 0.29) is 0 Å². The van der Waals surface area contributed by atoms with Crippen LogP contribution in [-0.4, -0.2) is 44.3 Å². The van der Waals surface area contributed by atoms with Crippen LogP contribution in [0.15, 0.2) is 0 Å². The molecule has 2 N–H and O–H groups in total. The van der Waals surface area contributed by atoms with Crippen LogP contribution in [0.1, 0.15) is 39.0 Å². The van der Waals surface area contributed by atoms with Crippen LogP contribution in [0.5, 0.6) is 0 Å². The second-order valence-corrected chi connectivity index (χ2v) is 6.48. The maximum atomic E-state index is 5.96. The van der Waals surface area contributed by atoms with Crippen LogP contribution in [0.25, 0.3) is 0 Å². The molecule has 0 radical (unpaired) electrons. The molecule has 1 heterocycles. The first-order valence-corrected chi connectivity index (χ1v) is 7.68. The zero-order chi connectivity index (χ0) is 13.0. The van der Waals surface area contributed by atoms with E-state index in [0.717, 1.165) is 31.6 Å².